The van der Waals surface area contributed by atoms with Crippen molar-refractivity contribution in [2.45, 2.75) is 25.6 Å². The molecule has 0 saturated carbocycles. The molecule has 0 aromatic heterocycles. The topological polar surface area (TPSA) is 29.5 Å². The number of aliphatic hydroxyl groups is 1. The van der Waals surface area contributed by atoms with Crippen LogP contribution in [0.3, 0.4) is 0 Å². The first-order valence-corrected chi connectivity index (χ1v) is 3.31. The highest BCUT2D eigenvalue weighted by Gasteiger charge is 2.38. The lowest BCUT2D eigenvalue weighted by Gasteiger charge is -2.18. The van der Waals surface area contributed by atoms with Crippen LogP contribution in [0.25, 0.3) is 0 Å². The second kappa shape index (κ2) is 4.56. The highest BCUT2D eigenvalue weighted by molar-refractivity contribution is 4.64. The lowest BCUT2D eigenvalue weighted by molar-refractivity contribution is -0.222. The fourth-order valence-corrected chi connectivity index (χ4v) is 0.639. The molecular formula is C6H11F3O2. The molecule has 68 valence electrons. The van der Waals surface area contributed by atoms with Gasteiger partial charge in [0.2, 0.25) is 0 Å². The number of rotatable bonds is 4. The molecule has 0 heterocycles. The van der Waals surface area contributed by atoms with Gasteiger partial charge in [-0.3, -0.25) is 0 Å². The predicted molar refractivity (Wildman–Crippen MR) is 33.2 cm³/mol. The van der Waals surface area contributed by atoms with Crippen molar-refractivity contribution in [1.29, 1.82) is 0 Å². The Morgan fingerprint density at radius 1 is 1.45 bits per heavy atom. The Morgan fingerprint density at radius 2 is 2.00 bits per heavy atom. The van der Waals surface area contributed by atoms with Crippen molar-refractivity contribution in [1.82, 2.24) is 0 Å². The van der Waals surface area contributed by atoms with Crippen LogP contribution in [0.1, 0.15) is 13.3 Å². The summed E-state index contributed by atoms with van der Waals surface area (Å²) in [6, 6.07) is 0. The minimum atomic E-state index is -4.32. The molecule has 1 unspecified atom stereocenters. The van der Waals surface area contributed by atoms with E-state index < -0.39 is 12.3 Å². The van der Waals surface area contributed by atoms with E-state index in [9.17, 15) is 13.2 Å². The Bertz CT molecular complexity index is 102. The molecule has 0 bridgehead atoms. The van der Waals surface area contributed by atoms with Crippen LogP contribution in [0.5, 0.6) is 0 Å². The van der Waals surface area contributed by atoms with Gasteiger partial charge in [0, 0.05) is 0 Å². The van der Waals surface area contributed by atoms with Gasteiger partial charge in [0.15, 0.2) is 6.10 Å². The van der Waals surface area contributed by atoms with Crippen molar-refractivity contribution >= 4 is 0 Å². The van der Waals surface area contributed by atoms with E-state index in [1.165, 1.54) is 6.92 Å². The summed E-state index contributed by atoms with van der Waals surface area (Å²) in [5.74, 6) is 0. The van der Waals surface area contributed by atoms with E-state index in [1.54, 1.807) is 0 Å². The zero-order valence-corrected chi connectivity index (χ0v) is 6.19. The molecule has 5 heteroatoms. The Hall–Kier alpha value is -0.290. The molecule has 2 nitrogen and oxygen atoms in total. The summed E-state index contributed by atoms with van der Waals surface area (Å²) in [5.41, 5.74) is 0. The molecule has 0 aliphatic heterocycles. The van der Waals surface area contributed by atoms with E-state index in [0.29, 0.717) is 0 Å². The minimum Gasteiger partial charge on any atom is -0.394 e. The third kappa shape index (κ3) is 4.21. The summed E-state index contributed by atoms with van der Waals surface area (Å²) in [7, 11) is 0. The van der Waals surface area contributed by atoms with Crippen molar-refractivity contribution in [3.8, 4) is 0 Å². The maximum Gasteiger partial charge on any atom is 0.414 e. The van der Waals surface area contributed by atoms with Gasteiger partial charge >= 0.3 is 6.18 Å². The number of aliphatic hydroxyl groups excluding tert-OH is 1. The molecule has 0 aliphatic rings. The average molecular weight is 172 g/mol. The van der Waals surface area contributed by atoms with Crippen LogP contribution in [0.4, 0.5) is 13.2 Å². The van der Waals surface area contributed by atoms with Crippen molar-refractivity contribution in [3.63, 3.8) is 0 Å². The van der Waals surface area contributed by atoms with E-state index in [4.69, 9.17) is 5.11 Å². The van der Waals surface area contributed by atoms with Crippen LogP contribution in [0, 0.1) is 0 Å². The van der Waals surface area contributed by atoms with Crippen LogP contribution in [0.2, 0.25) is 0 Å². The summed E-state index contributed by atoms with van der Waals surface area (Å²) < 4.78 is 39.8. The first-order valence-electron chi connectivity index (χ1n) is 3.31. The molecule has 11 heavy (non-hydrogen) atoms. The number of ether oxygens (including phenoxy) is 1. The lowest BCUT2D eigenvalue weighted by atomic mass is 10.3. The first-order chi connectivity index (χ1) is 5.02. The fourth-order valence-electron chi connectivity index (χ4n) is 0.639. The molecule has 1 N–H and O–H groups in total. The monoisotopic (exact) mass is 172 g/mol. The molecule has 1 atom stereocenters. The van der Waals surface area contributed by atoms with E-state index in [1.807, 2.05) is 0 Å². The van der Waals surface area contributed by atoms with Gasteiger partial charge < -0.3 is 9.84 Å². The minimum absolute atomic E-state index is 0.122. The quantitative estimate of drug-likeness (QED) is 0.693. The van der Waals surface area contributed by atoms with Gasteiger partial charge in [0.25, 0.3) is 0 Å². The van der Waals surface area contributed by atoms with Crippen molar-refractivity contribution < 1.29 is 23.0 Å². The lowest BCUT2D eigenvalue weighted by Crippen LogP contribution is -2.31. The van der Waals surface area contributed by atoms with E-state index in [2.05, 4.69) is 4.74 Å². The van der Waals surface area contributed by atoms with Crippen molar-refractivity contribution in [2.75, 3.05) is 13.2 Å². The van der Waals surface area contributed by atoms with E-state index >= 15 is 0 Å². The smallest absolute Gasteiger partial charge is 0.394 e. The Balaban J connectivity index is 3.76. The van der Waals surface area contributed by atoms with Crippen LogP contribution in [-0.4, -0.2) is 30.6 Å². The normalized spacial score (nSPS) is 15.0. The third-order valence-electron chi connectivity index (χ3n) is 1.15. The maximum atomic E-state index is 11.8. The van der Waals surface area contributed by atoms with Gasteiger partial charge in [-0.05, 0) is 6.42 Å². The largest absolute Gasteiger partial charge is 0.414 e. The summed E-state index contributed by atoms with van der Waals surface area (Å²) in [6.45, 7) is 0.736. The Labute approximate surface area is 63.0 Å². The third-order valence-corrected chi connectivity index (χ3v) is 1.15. The molecule has 0 saturated heterocycles. The zero-order valence-electron chi connectivity index (χ0n) is 6.19. The first kappa shape index (κ1) is 10.7. The van der Waals surface area contributed by atoms with Crippen molar-refractivity contribution in [3.05, 3.63) is 0 Å². The summed E-state index contributed by atoms with van der Waals surface area (Å²) >= 11 is 0. The second-order valence-electron chi connectivity index (χ2n) is 2.03. The Morgan fingerprint density at radius 3 is 2.27 bits per heavy atom. The van der Waals surface area contributed by atoms with Gasteiger partial charge in [-0.15, -0.1) is 0 Å². The van der Waals surface area contributed by atoms with Crippen molar-refractivity contribution in [2.24, 2.45) is 0 Å². The maximum absolute atomic E-state index is 11.8. The Kier molecular flexibility index (Phi) is 4.44. The number of hydrogen-bond acceptors (Lipinski definition) is 2. The van der Waals surface area contributed by atoms with Crippen LogP contribution in [0.15, 0.2) is 0 Å². The van der Waals surface area contributed by atoms with Gasteiger partial charge in [0.1, 0.15) is 0 Å². The van der Waals surface area contributed by atoms with Crippen LogP contribution in [-0.2, 0) is 4.74 Å². The molecular weight excluding hydrogens is 161 g/mol. The average Bonchev–Trinajstić information content (AvgIpc) is 1.87. The standard InChI is InChI=1S/C6H11F3O2/c1-2-5(6(7,8)9)11-4-3-10/h5,10H,2-4H2,1H3. The highest BCUT2D eigenvalue weighted by Crippen LogP contribution is 2.24. The second-order valence-corrected chi connectivity index (χ2v) is 2.03. The zero-order chi connectivity index (χ0) is 8.91. The number of halogens is 3. The molecule has 0 amide bonds. The molecule has 0 aliphatic carbocycles. The van der Waals surface area contributed by atoms with E-state index in [0.717, 1.165) is 0 Å². The van der Waals surface area contributed by atoms with Gasteiger partial charge in [-0.25, -0.2) is 0 Å². The van der Waals surface area contributed by atoms with Gasteiger partial charge in [0.05, 0.1) is 13.2 Å². The molecule has 0 radical (unpaired) electrons. The predicted octanol–water partition coefficient (Wildman–Crippen LogP) is 1.34. The number of hydrogen-bond donors (Lipinski definition) is 1. The number of alkyl halides is 3. The van der Waals surface area contributed by atoms with Gasteiger partial charge in [-0.2, -0.15) is 13.2 Å². The summed E-state index contributed by atoms with van der Waals surface area (Å²) in [6.07, 6.45) is -6.18. The fraction of sp³-hybridized carbons (Fsp3) is 1.00. The van der Waals surface area contributed by atoms with Gasteiger partial charge in [-0.1, -0.05) is 6.92 Å². The molecule has 0 rings (SSSR count). The summed E-state index contributed by atoms with van der Waals surface area (Å²) in [5, 5.41) is 8.18. The van der Waals surface area contributed by atoms with Crippen LogP contribution >= 0.6 is 0 Å². The molecule has 0 aromatic carbocycles. The highest BCUT2D eigenvalue weighted by atomic mass is 19.4. The SMILES string of the molecule is CCC(OCCO)C(F)(F)F. The molecule has 0 aromatic rings. The van der Waals surface area contributed by atoms with Crippen LogP contribution < -0.4 is 0 Å². The molecule has 0 spiro atoms. The van der Waals surface area contributed by atoms with E-state index in [-0.39, 0.29) is 19.6 Å². The summed E-state index contributed by atoms with van der Waals surface area (Å²) in [4.78, 5) is 0. The molecule has 0 fully saturated rings.